The first-order valence-corrected chi connectivity index (χ1v) is 7.41. The van der Waals surface area contributed by atoms with Gasteiger partial charge in [0.15, 0.2) is 11.6 Å². The van der Waals surface area contributed by atoms with Crippen molar-refractivity contribution in [2.24, 2.45) is 0 Å². The van der Waals surface area contributed by atoms with Crippen LogP contribution in [-0.2, 0) is 0 Å². The molecule has 1 aromatic carbocycles. The van der Waals surface area contributed by atoms with E-state index in [4.69, 9.17) is 5.73 Å². The molecule has 0 radical (unpaired) electrons. The van der Waals surface area contributed by atoms with E-state index in [2.05, 4.69) is 28.5 Å². The van der Waals surface area contributed by atoms with Gasteiger partial charge in [-0.1, -0.05) is 19.1 Å². The second-order valence-corrected chi connectivity index (χ2v) is 5.06. The minimum absolute atomic E-state index is 0.373. The molecule has 4 nitrogen and oxygen atoms in total. The van der Waals surface area contributed by atoms with Crippen molar-refractivity contribution in [1.82, 2.24) is 9.97 Å². The molecule has 1 atom stereocenters. The minimum Gasteiger partial charge on any atom is -0.381 e. The quantitative estimate of drug-likeness (QED) is 0.867. The van der Waals surface area contributed by atoms with Gasteiger partial charge < -0.3 is 11.1 Å². The minimum atomic E-state index is 0.373. The summed E-state index contributed by atoms with van der Waals surface area (Å²) >= 11 is 1.81. The van der Waals surface area contributed by atoms with Crippen LogP contribution in [-0.4, -0.2) is 28.0 Å². The van der Waals surface area contributed by atoms with Gasteiger partial charge in [0.1, 0.15) is 0 Å². The topological polar surface area (TPSA) is 63.8 Å². The van der Waals surface area contributed by atoms with E-state index in [0.29, 0.717) is 17.7 Å². The largest absolute Gasteiger partial charge is 0.381 e. The van der Waals surface area contributed by atoms with Crippen molar-refractivity contribution in [3.05, 3.63) is 24.3 Å². The maximum Gasteiger partial charge on any atom is 0.169 e. The van der Waals surface area contributed by atoms with Crippen molar-refractivity contribution in [3.63, 3.8) is 0 Å². The highest BCUT2D eigenvalue weighted by molar-refractivity contribution is 7.98. The maximum atomic E-state index is 5.94. The first-order chi connectivity index (χ1) is 8.74. The molecule has 1 aromatic heterocycles. The average molecular weight is 262 g/mol. The number of nitrogen functional groups attached to an aromatic ring is 1. The van der Waals surface area contributed by atoms with Crippen LogP contribution in [0.5, 0.6) is 0 Å². The summed E-state index contributed by atoms with van der Waals surface area (Å²) in [4.78, 5) is 8.91. The Labute approximate surface area is 111 Å². The molecule has 0 aliphatic rings. The van der Waals surface area contributed by atoms with Crippen molar-refractivity contribution >= 4 is 34.4 Å². The standard InChI is InChI=1S/C13H18N4S/c1-3-9(8-18-2)15-13-12(14)16-10-6-4-5-7-11(10)17-13/h4-7,9H,3,8H2,1-2H3,(H2,14,16)(H,15,17). The van der Waals surface area contributed by atoms with Crippen molar-refractivity contribution in [2.75, 3.05) is 23.1 Å². The molecule has 0 saturated heterocycles. The zero-order chi connectivity index (χ0) is 13.0. The summed E-state index contributed by atoms with van der Waals surface area (Å²) in [6, 6.07) is 8.13. The highest BCUT2D eigenvalue weighted by Gasteiger charge is 2.10. The average Bonchev–Trinajstić information content (AvgIpc) is 2.39. The number of nitrogens with one attached hydrogen (secondary N) is 1. The van der Waals surface area contributed by atoms with Gasteiger partial charge in [-0.2, -0.15) is 11.8 Å². The third-order valence-corrected chi connectivity index (χ3v) is 3.53. The summed E-state index contributed by atoms with van der Waals surface area (Å²) in [5.41, 5.74) is 7.64. The van der Waals surface area contributed by atoms with Crippen LogP contribution in [0.3, 0.4) is 0 Å². The van der Waals surface area contributed by atoms with Gasteiger partial charge >= 0.3 is 0 Å². The Morgan fingerprint density at radius 3 is 2.56 bits per heavy atom. The highest BCUT2D eigenvalue weighted by atomic mass is 32.2. The zero-order valence-corrected chi connectivity index (χ0v) is 11.5. The number of rotatable bonds is 5. The smallest absolute Gasteiger partial charge is 0.169 e. The van der Waals surface area contributed by atoms with E-state index in [1.165, 1.54) is 0 Å². The maximum absolute atomic E-state index is 5.94. The van der Waals surface area contributed by atoms with Crippen molar-refractivity contribution in [1.29, 1.82) is 0 Å². The lowest BCUT2D eigenvalue weighted by Gasteiger charge is -2.17. The van der Waals surface area contributed by atoms with Crippen molar-refractivity contribution in [2.45, 2.75) is 19.4 Å². The fourth-order valence-electron chi connectivity index (χ4n) is 1.78. The van der Waals surface area contributed by atoms with Crippen LogP contribution >= 0.6 is 11.8 Å². The predicted molar refractivity (Wildman–Crippen MR) is 80.0 cm³/mol. The Bertz CT molecular complexity index is 529. The molecule has 2 aromatic rings. The highest BCUT2D eigenvalue weighted by Crippen LogP contribution is 2.20. The molecule has 0 saturated carbocycles. The van der Waals surface area contributed by atoms with E-state index in [9.17, 15) is 0 Å². The van der Waals surface area contributed by atoms with Gasteiger partial charge in [-0.15, -0.1) is 0 Å². The van der Waals surface area contributed by atoms with Gasteiger partial charge in [0, 0.05) is 11.8 Å². The number of benzene rings is 1. The number of thioether (sulfide) groups is 1. The van der Waals surface area contributed by atoms with Crippen LogP contribution < -0.4 is 11.1 Å². The molecule has 0 aliphatic heterocycles. The predicted octanol–water partition coefficient (Wildman–Crippen LogP) is 2.77. The Morgan fingerprint density at radius 1 is 1.28 bits per heavy atom. The Kier molecular flexibility index (Phi) is 4.25. The summed E-state index contributed by atoms with van der Waals surface area (Å²) < 4.78 is 0. The van der Waals surface area contributed by atoms with Gasteiger partial charge in [0.25, 0.3) is 0 Å². The lowest BCUT2D eigenvalue weighted by molar-refractivity contribution is 0.770. The van der Waals surface area contributed by atoms with Crippen LogP contribution in [0.25, 0.3) is 11.0 Å². The van der Waals surface area contributed by atoms with Crippen molar-refractivity contribution in [3.8, 4) is 0 Å². The van der Waals surface area contributed by atoms with E-state index < -0.39 is 0 Å². The number of nitrogens with two attached hydrogens (primary N) is 1. The molecule has 3 N–H and O–H groups in total. The summed E-state index contributed by atoms with van der Waals surface area (Å²) in [5.74, 6) is 2.19. The van der Waals surface area contributed by atoms with Crippen molar-refractivity contribution < 1.29 is 0 Å². The zero-order valence-electron chi connectivity index (χ0n) is 10.7. The van der Waals surface area contributed by atoms with Gasteiger partial charge in [-0.25, -0.2) is 9.97 Å². The van der Waals surface area contributed by atoms with Crippen LogP contribution in [0.15, 0.2) is 24.3 Å². The first-order valence-electron chi connectivity index (χ1n) is 6.02. The molecular formula is C13H18N4S. The Balaban J connectivity index is 2.29. The number of nitrogens with zero attached hydrogens (tertiary/aromatic N) is 2. The fraction of sp³-hybridized carbons (Fsp3) is 0.385. The van der Waals surface area contributed by atoms with E-state index in [1.807, 2.05) is 36.0 Å². The van der Waals surface area contributed by atoms with Crippen LogP contribution in [0, 0.1) is 0 Å². The normalized spacial score (nSPS) is 12.6. The molecule has 96 valence electrons. The number of aromatic nitrogens is 2. The van der Waals surface area contributed by atoms with Crippen LogP contribution in [0.1, 0.15) is 13.3 Å². The van der Waals surface area contributed by atoms with E-state index in [1.54, 1.807) is 0 Å². The Morgan fingerprint density at radius 2 is 1.94 bits per heavy atom. The summed E-state index contributed by atoms with van der Waals surface area (Å²) in [7, 11) is 0. The monoisotopic (exact) mass is 262 g/mol. The molecule has 0 fully saturated rings. The second-order valence-electron chi connectivity index (χ2n) is 4.15. The molecule has 0 bridgehead atoms. The molecule has 0 aliphatic carbocycles. The number of fused-ring (bicyclic) bond motifs is 1. The molecule has 0 amide bonds. The third-order valence-electron chi connectivity index (χ3n) is 2.80. The van der Waals surface area contributed by atoms with E-state index >= 15 is 0 Å². The summed E-state index contributed by atoms with van der Waals surface area (Å²) in [6.45, 7) is 2.15. The van der Waals surface area contributed by atoms with Gasteiger partial charge in [-0.05, 0) is 24.8 Å². The molecule has 0 spiro atoms. The van der Waals surface area contributed by atoms with E-state index in [-0.39, 0.29) is 0 Å². The molecule has 2 rings (SSSR count). The van der Waals surface area contributed by atoms with Crippen LogP contribution in [0.4, 0.5) is 11.6 Å². The molecule has 1 unspecified atom stereocenters. The summed E-state index contributed by atoms with van der Waals surface area (Å²) in [6.07, 6.45) is 3.13. The molecule has 5 heteroatoms. The third kappa shape index (κ3) is 2.85. The lowest BCUT2D eigenvalue weighted by atomic mass is 10.2. The number of hydrogen-bond donors (Lipinski definition) is 2. The summed E-state index contributed by atoms with van der Waals surface area (Å²) in [5, 5.41) is 3.37. The second kappa shape index (κ2) is 5.91. The Hall–Kier alpha value is -1.49. The molecular weight excluding hydrogens is 244 g/mol. The lowest BCUT2D eigenvalue weighted by Crippen LogP contribution is -2.22. The fourth-order valence-corrected chi connectivity index (χ4v) is 2.50. The number of anilines is 2. The number of para-hydroxylation sites is 2. The van der Waals surface area contributed by atoms with E-state index in [0.717, 1.165) is 23.2 Å². The van der Waals surface area contributed by atoms with Gasteiger partial charge in [-0.3, -0.25) is 0 Å². The first kappa shape index (κ1) is 13.0. The van der Waals surface area contributed by atoms with Gasteiger partial charge in [0.05, 0.1) is 11.0 Å². The SMILES string of the molecule is CCC(CSC)Nc1nc2ccccc2nc1N. The number of hydrogen-bond acceptors (Lipinski definition) is 5. The van der Waals surface area contributed by atoms with Crippen LogP contribution in [0.2, 0.25) is 0 Å². The molecule has 18 heavy (non-hydrogen) atoms. The van der Waals surface area contributed by atoms with Gasteiger partial charge in [0.2, 0.25) is 0 Å². The molecule has 1 heterocycles.